The molecule has 3 rings (SSSR count). The molecule has 0 aliphatic carbocycles. The number of sulfone groups is 1. The molecule has 0 aliphatic rings. The molecule has 0 fully saturated rings. The maximum Gasteiger partial charge on any atom is 0.228 e. The van der Waals surface area contributed by atoms with Gasteiger partial charge in [0, 0.05) is 11.3 Å². The number of aryl methyl sites for hydroxylation is 1. The first-order valence-corrected chi connectivity index (χ1v) is 10.6. The Morgan fingerprint density at radius 1 is 1.08 bits per heavy atom. The van der Waals surface area contributed by atoms with Crippen LogP contribution in [-0.4, -0.2) is 19.2 Å². The minimum atomic E-state index is -3.90. The molecule has 0 saturated heterocycles. The maximum absolute atomic E-state index is 13.1. The summed E-state index contributed by atoms with van der Waals surface area (Å²) in [4.78, 5) is 4.25. The third kappa shape index (κ3) is 3.83. The van der Waals surface area contributed by atoms with Crippen molar-refractivity contribution in [2.45, 2.75) is 35.3 Å². The zero-order valence-corrected chi connectivity index (χ0v) is 16.0. The standard InChI is InChI=1S/C19H18FNO3S2/c1-3-12-25-19-18(26(22,23)16-10-8-15(20)9-11-16)21-17(24-19)14-6-4-13(2)5-7-14/h4-11H,3,12H2,1-2H3. The van der Waals surface area contributed by atoms with Gasteiger partial charge in [-0.25, -0.2) is 12.8 Å². The van der Waals surface area contributed by atoms with E-state index in [0.29, 0.717) is 11.3 Å². The van der Waals surface area contributed by atoms with Crippen LogP contribution in [0.1, 0.15) is 18.9 Å². The van der Waals surface area contributed by atoms with Gasteiger partial charge in [0.15, 0.2) is 0 Å². The predicted octanol–water partition coefficient (Wildman–Crippen LogP) is 5.12. The number of hydrogen-bond donors (Lipinski definition) is 0. The smallest absolute Gasteiger partial charge is 0.228 e. The summed E-state index contributed by atoms with van der Waals surface area (Å²) in [5.41, 5.74) is 1.79. The molecule has 0 atom stereocenters. The number of nitrogens with zero attached hydrogens (tertiary/aromatic N) is 1. The van der Waals surface area contributed by atoms with E-state index < -0.39 is 15.7 Å². The molecule has 0 unspecified atom stereocenters. The summed E-state index contributed by atoms with van der Waals surface area (Å²) in [5, 5.41) is 0.130. The third-order valence-corrected chi connectivity index (χ3v) is 6.64. The molecule has 1 heterocycles. The first-order chi connectivity index (χ1) is 12.4. The van der Waals surface area contributed by atoms with Crippen LogP contribution in [0, 0.1) is 12.7 Å². The van der Waals surface area contributed by atoms with Crippen LogP contribution in [0.4, 0.5) is 4.39 Å². The van der Waals surface area contributed by atoms with Crippen molar-refractivity contribution in [3.05, 3.63) is 59.9 Å². The van der Waals surface area contributed by atoms with E-state index >= 15 is 0 Å². The number of aromatic nitrogens is 1. The average molecular weight is 391 g/mol. The van der Waals surface area contributed by atoms with E-state index in [1.807, 2.05) is 38.1 Å². The fraction of sp³-hybridized carbons (Fsp3) is 0.211. The van der Waals surface area contributed by atoms with Crippen LogP contribution in [0.2, 0.25) is 0 Å². The number of rotatable bonds is 6. The number of thioether (sulfide) groups is 1. The van der Waals surface area contributed by atoms with Gasteiger partial charge in [-0.2, -0.15) is 4.98 Å². The number of halogens is 1. The quantitative estimate of drug-likeness (QED) is 0.431. The highest BCUT2D eigenvalue weighted by Gasteiger charge is 2.28. The summed E-state index contributed by atoms with van der Waals surface area (Å²) in [7, 11) is -3.90. The molecule has 3 aromatic rings. The van der Waals surface area contributed by atoms with Gasteiger partial charge in [-0.1, -0.05) is 36.4 Å². The summed E-state index contributed by atoms with van der Waals surface area (Å²) in [6, 6.07) is 12.2. The van der Waals surface area contributed by atoms with Gasteiger partial charge in [-0.05, 0) is 49.7 Å². The summed E-state index contributed by atoms with van der Waals surface area (Å²) in [6.45, 7) is 3.96. The molecule has 0 amide bonds. The Morgan fingerprint density at radius 3 is 2.35 bits per heavy atom. The van der Waals surface area contributed by atoms with Crippen molar-refractivity contribution in [3.8, 4) is 11.5 Å². The van der Waals surface area contributed by atoms with Crippen molar-refractivity contribution in [2.24, 2.45) is 0 Å². The largest absolute Gasteiger partial charge is 0.428 e. The van der Waals surface area contributed by atoms with E-state index in [0.717, 1.165) is 24.1 Å². The summed E-state index contributed by atoms with van der Waals surface area (Å²) < 4.78 is 44.9. The Bertz CT molecular complexity index is 994. The van der Waals surface area contributed by atoms with Crippen LogP contribution in [0.25, 0.3) is 11.5 Å². The van der Waals surface area contributed by atoms with Crippen LogP contribution in [0.3, 0.4) is 0 Å². The second-order valence-corrected chi connectivity index (χ2v) is 8.72. The van der Waals surface area contributed by atoms with E-state index in [9.17, 15) is 12.8 Å². The van der Waals surface area contributed by atoms with Crippen LogP contribution in [0.15, 0.2) is 68.0 Å². The molecule has 0 aliphatic heterocycles. The number of benzene rings is 2. The Labute approximate surface area is 156 Å². The molecule has 7 heteroatoms. The third-order valence-electron chi connectivity index (χ3n) is 3.68. The van der Waals surface area contributed by atoms with Crippen molar-refractivity contribution in [1.82, 2.24) is 4.98 Å². The molecule has 0 radical (unpaired) electrons. The molecule has 4 nitrogen and oxygen atoms in total. The first-order valence-electron chi connectivity index (χ1n) is 8.13. The van der Waals surface area contributed by atoms with Crippen LogP contribution >= 0.6 is 11.8 Å². The van der Waals surface area contributed by atoms with Gasteiger partial charge < -0.3 is 4.42 Å². The van der Waals surface area contributed by atoms with Crippen LogP contribution < -0.4 is 0 Å². The van der Waals surface area contributed by atoms with Gasteiger partial charge in [0.05, 0.1) is 4.90 Å². The van der Waals surface area contributed by atoms with Crippen molar-refractivity contribution in [2.75, 3.05) is 5.75 Å². The van der Waals surface area contributed by atoms with Gasteiger partial charge >= 0.3 is 0 Å². The normalized spacial score (nSPS) is 11.7. The first kappa shape index (κ1) is 18.7. The second-order valence-electron chi connectivity index (χ2n) is 5.78. The predicted molar refractivity (Wildman–Crippen MR) is 99.5 cm³/mol. The minimum Gasteiger partial charge on any atom is -0.428 e. The molecule has 2 aromatic carbocycles. The highest BCUT2D eigenvalue weighted by molar-refractivity contribution is 8.00. The van der Waals surface area contributed by atoms with E-state index in [-0.39, 0.29) is 20.9 Å². The van der Waals surface area contributed by atoms with E-state index in [4.69, 9.17) is 4.42 Å². The SMILES string of the molecule is CCCSc1oc(-c2ccc(C)cc2)nc1S(=O)(=O)c1ccc(F)cc1. The zero-order chi connectivity index (χ0) is 18.7. The topological polar surface area (TPSA) is 60.2 Å². The minimum absolute atomic E-state index is 0.0130. The molecule has 136 valence electrons. The maximum atomic E-state index is 13.1. The molecule has 0 bridgehead atoms. The van der Waals surface area contributed by atoms with Crippen LogP contribution in [-0.2, 0) is 9.84 Å². The lowest BCUT2D eigenvalue weighted by atomic mass is 10.1. The Kier molecular flexibility index (Phi) is 5.48. The van der Waals surface area contributed by atoms with E-state index in [2.05, 4.69) is 4.98 Å². The van der Waals surface area contributed by atoms with E-state index in [1.165, 1.54) is 23.9 Å². The highest BCUT2D eigenvalue weighted by atomic mass is 32.2. The Balaban J connectivity index is 2.09. The summed E-state index contributed by atoms with van der Waals surface area (Å²) >= 11 is 1.31. The Morgan fingerprint density at radius 2 is 1.73 bits per heavy atom. The van der Waals surface area contributed by atoms with Gasteiger partial charge in [0.2, 0.25) is 25.8 Å². The molecule has 26 heavy (non-hydrogen) atoms. The monoisotopic (exact) mass is 391 g/mol. The van der Waals surface area contributed by atoms with E-state index in [1.54, 1.807) is 0 Å². The molecule has 0 spiro atoms. The Hall–Kier alpha value is -2.12. The lowest BCUT2D eigenvalue weighted by molar-refractivity contribution is 0.470. The molecular weight excluding hydrogens is 373 g/mol. The van der Waals surface area contributed by atoms with Gasteiger partial charge in [-0.15, -0.1) is 0 Å². The molecular formula is C19H18FNO3S2. The van der Waals surface area contributed by atoms with Crippen molar-refractivity contribution in [3.63, 3.8) is 0 Å². The zero-order valence-electron chi connectivity index (χ0n) is 14.4. The molecule has 0 N–H and O–H groups in total. The van der Waals surface area contributed by atoms with Crippen LogP contribution in [0.5, 0.6) is 0 Å². The van der Waals surface area contributed by atoms with Gasteiger partial charge in [0.1, 0.15) is 5.82 Å². The summed E-state index contributed by atoms with van der Waals surface area (Å²) in [6.07, 6.45) is 0.862. The number of oxazole rings is 1. The fourth-order valence-corrected chi connectivity index (χ4v) is 4.68. The van der Waals surface area contributed by atoms with Crippen molar-refractivity contribution in [1.29, 1.82) is 0 Å². The lowest BCUT2D eigenvalue weighted by Gasteiger charge is -2.03. The fourth-order valence-electron chi connectivity index (χ4n) is 2.29. The molecule has 1 aromatic heterocycles. The lowest BCUT2D eigenvalue weighted by Crippen LogP contribution is -2.04. The second kappa shape index (κ2) is 7.63. The van der Waals surface area contributed by atoms with Gasteiger partial charge in [-0.3, -0.25) is 0 Å². The average Bonchev–Trinajstić information content (AvgIpc) is 3.06. The highest BCUT2D eigenvalue weighted by Crippen LogP contribution is 2.35. The van der Waals surface area contributed by atoms with Crippen molar-refractivity contribution < 1.29 is 17.2 Å². The molecule has 0 saturated carbocycles. The summed E-state index contributed by atoms with van der Waals surface area (Å²) in [5.74, 6) is 0.461. The van der Waals surface area contributed by atoms with Crippen molar-refractivity contribution >= 4 is 21.6 Å². The number of hydrogen-bond acceptors (Lipinski definition) is 5. The van der Waals surface area contributed by atoms with Gasteiger partial charge in [0.25, 0.3) is 0 Å².